The second kappa shape index (κ2) is 9.16. The molecule has 0 unspecified atom stereocenters. The monoisotopic (exact) mass is 362 g/mol. The molecule has 0 radical (unpaired) electrons. The minimum atomic E-state index is -0.479. The first-order valence-electron chi connectivity index (χ1n) is 8.07. The molecule has 2 aromatic rings. The predicted molar refractivity (Wildman–Crippen MR) is 95.8 cm³/mol. The summed E-state index contributed by atoms with van der Waals surface area (Å²) in [6.07, 6.45) is 1.85. The van der Waals surface area contributed by atoms with Gasteiger partial charge in [0.25, 0.3) is 0 Å². The number of nitrogens with one attached hydrogen (secondary N) is 2. The van der Waals surface area contributed by atoms with Crippen LogP contribution in [0.2, 0.25) is 0 Å². The first kappa shape index (κ1) is 18.9. The number of nitrogens with zero attached hydrogens (tertiary/aromatic N) is 4. The number of unbranched alkanes of at least 4 members (excludes halogenated alkanes) is 1. The predicted octanol–water partition coefficient (Wildman–Crippen LogP) is 2.00. The van der Waals surface area contributed by atoms with Crippen molar-refractivity contribution in [3.05, 3.63) is 29.3 Å². The maximum absolute atomic E-state index is 11.9. The van der Waals surface area contributed by atoms with Crippen molar-refractivity contribution < 1.29 is 9.59 Å². The Hall–Kier alpha value is -2.42. The molecule has 0 fully saturated rings. The van der Waals surface area contributed by atoms with Crippen LogP contribution < -0.4 is 10.6 Å². The average Bonchev–Trinajstić information content (AvgIpc) is 3.03. The lowest BCUT2D eigenvalue weighted by atomic mass is 10.1. The van der Waals surface area contributed by atoms with Crippen molar-refractivity contribution in [1.82, 2.24) is 30.8 Å². The average molecular weight is 362 g/mol. The van der Waals surface area contributed by atoms with E-state index in [9.17, 15) is 9.59 Å². The van der Waals surface area contributed by atoms with Crippen LogP contribution in [0.4, 0.5) is 4.79 Å². The van der Waals surface area contributed by atoms with E-state index in [0.29, 0.717) is 11.7 Å². The highest BCUT2D eigenvalue weighted by atomic mass is 32.2. The van der Waals surface area contributed by atoms with Crippen molar-refractivity contribution in [2.45, 2.75) is 38.8 Å². The number of hydrogen-bond donors (Lipinski definition) is 2. The van der Waals surface area contributed by atoms with Crippen LogP contribution >= 0.6 is 11.8 Å². The molecule has 1 aromatic heterocycles. The summed E-state index contributed by atoms with van der Waals surface area (Å²) in [5.41, 5.74) is 2.98. The van der Waals surface area contributed by atoms with Crippen LogP contribution in [-0.2, 0) is 4.79 Å². The van der Waals surface area contributed by atoms with Gasteiger partial charge in [-0.15, -0.1) is 5.10 Å². The fourth-order valence-corrected chi connectivity index (χ4v) is 2.77. The second-order valence-electron chi connectivity index (χ2n) is 5.61. The number of urea groups is 1. The Labute approximate surface area is 150 Å². The normalized spacial score (nSPS) is 10.5. The van der Waals surface area contributed by atoms with Crippen LogP contribution in [0.15, 0.2) is 23.4 Å². The highest BCUT2D eigenvalue weighted by Gasteiger charge is 2.14. The molecule has 9 heteroatoms. The van der Waals surface area contributed by atoms with Gasteiger partial charge in [0.15, 0.2) is 0 Å². The van der Waals surface area contributed by atoms with Gasteiger partial charge in [-0.25, -0.2) is 4.79 Å². The molecule has 8 nitrogen and oxygen atoms in total. The fourth-order valence-electron chi connectivity index (χ4n) is 2.08. The molecule has 134 valence electrons. The number of hydrogen-bond acceptors (Lipinski definition) is 6. The third-order valence-corrected chi connectivity index (χ3v) is 4.35. The van der Waals surface area contributed by atoms with Crippen LogP contribution in [0.3, 0.4) is 0 Å². The van der Waals surface area contributed by atoms with Crippen LogP contribution in [0.5, 0.6) is 0 Å². The summed E-state index contributed by atoms with van der Waals surface area (Å²) in [4.78, 5) is 23.4. The number of rotatable bonds is 7. The molecule has 0 saturated heterocycles. The zero-order valence-corrected chi connectivity index (χ0v) is 15.4. The molecule has 0 bridgehead atoms. The molecule has 0 aliphatic heterocycles. The zero-order valence-electron chi connectivity index (χ0n) is 14.6. The van der Waals surface area contributed by atoms with E-state index in [1.807, 2.05) is 39.0 Å². The van der Waals surface area contributed by atoms with Crippen molar-refractivity contribution in [2.24, 2.45) is 0 Å². The highest BCUT2D eigenvalue weighted by Crippen LogP contribution is 2.21. The molecular weight excluding hydrogens is 340 g/mol. The molecule has 1 aromatic carbocycles. The third kappa shape index (κ3) is 5.56. The highest BCUT2D eigenvalue weighted by molar-refractivity contribution is 7.99. The summed E-state index contributed by atoms with van der Waals surface area (Å²) in [7, 11) is 0. The molecule has 2 rings (SSSR count). The molecule has 0 aliphatic rings. The van der Waals surface area contributed by atoms with Gasteiger partial charge in [0.2, 0.25) is 11.1 Å². The Morgan fingerprint density at radius 1 is 1.28 bits per heavy atom. The number of benzene rings is 1. The Kier molecular flexibility index (Phi) is 6.93. The van der Waals surface area contributed by atoms with Gasteiger partial charge >= 0.3 is 6.03 Å². The van der Waals surface area contributed by atoms with Gasteiger partial charge in [0.1, 0.15) is 0 Å². The molecule has 0 atom stereocenters. The standard InChI is InChI=1S/C16H22N6O2S/c1-4-5-8-17-15(24)18-14(23)10-25-16-19-20-21-22(16)13-9-11(2)6-7-12(13)3/h6-7,9H,4-5,8,10H2,1-3H3,(H2,17,18,23,24). The van der Waals surface area contributed by atoms with Crippen molar-refractivity contribution >= 4 is 23.7 Å². The summed E-state index contributed by atoms with van der Waals surface area (Å²) in [5, 5.41) is 17.1. The van der Waals surface area contributed by atoms with Gasteiger partial charge in [-0.3, -0.25) is 10.1 Å². The quantitative estimate of drug-likeness (QED) is 0.577. The van der Waals surface area contributed by atoms with Crippen LogP contribution in [0.1, 0.15) is 30.9 Å². The summed E-state index contributed by atoms with van der Waals surface area (Å²) >= 11 is 1.18. The van der Waals surface area contributed by atoms with E-state index in [4.69, 9.17) is 0 Å². The number of carbonyl (C=O) groups excluding carboxylic acids is 2. The number of amides is 3. The van der Waals surface area contributed by atoms with Crippen LogP contribution in [-0.4, -0.2) is 44.4 Å². The van der Waals surface area contributed by atoms with Gasteiger partial charge in [0.05, 0.1) is 11.4 Å². The first-order chi connectivity index (χ1) is 12.0. The van der Waals surface area contributed by atoms with Crippen molar-refractivity contribution in [3.63, 3.8) is 0 Å². The zero-order chi connectivity index (χ0) is 18.2. The number of aromatic nitrogens is 4. The Balaban J connectivity index is 1.94. The smallest absolute Gasteiger partial charge is 0.321 e. The largest absolute Gasteiger partial charge is 0.338 e. The number of imide groups is 1. The molecular formula is C16H22N6O2S. The Bertz CT molecular complexity index is 746. The molecule has 1 heterocycles. The number of aryl methyl sites for hydroxylation is 2. The third-order valence-electron chi connectivity index (χ3n) is 3.43. The van der Waals surface area contributed by atoms with Crippen LogP contribution in [0, 0.1) is 13.8 Å². The molecule has 3 amide bonds. The number of carbonyl (C=O) groups is 2. The number of tetrazole rings is 1. The lowest BCUT2D eigenvalue weighted by Gasteiger charge is -2.09. The van der Waals surface area contributed by atoms with Crippen molar-refractivity contribution in [3.8, 4) is 5.69 Å². The molecule has 0 saturated carbocycles. The maximum atomic E-state index is 11.9. The first-order valence-corrected chi connectivity index (χ1v) is 9.06. The molecule has 0 spiro atoms. The lowest BCUT2D eigenvalue weighted by Crippen LogP contribution is -2.40. The second-order valence-corrected chi connectivity index (χ2v) is 6.55. The van der Waals surface area contributed by atoms with Gasteiger partial charge < -0.3 is 5.32 Å². The number of thioether (sulfide) groups is 1. The van der Waals surface area contributed by atoms with Gasteiger partial charge in [-0.2, -0.15) is 4.68 Å². The summed E-state index contributed by atoms with van der Waals surface area (Å²) < 4.78 is 1.60. The molecule has 25 heavy (non-hydrogen) atoms. The van der Waals surface area contributed by atoms with E-state index in [1.54, 1.807) is 4.68 Å². The van der Waals surface area contributed by atoms with E-state index in [2.05, 4.69) is 26.2 Å². The van der Waals surface area contributed by atoms with E-state index >= 15 is 0 Å². The van der Waals surface area contributed by atoms with Crippen LogP contribution in [0.25, 0.3) is 5.69 Å². The maximum Gasteiger partial charge on any atom is 0.321 e. The van der Waals surface area contributed by atoms with E-state index < -0.39 is 11.9 Å². The topological polar surface area (TPSA) is 102 Å². The lowest BCUT2D eigenvalue weighted by molar-refractivity contribution is -0.117. The summed E-state index contributed by atoms with van der Waals surface area (Å²) in [5.74, 6) is -0.346. The van der Waals surface area contributed by atoms with E-state index in [-0.39, 0.29) is 5.75 Å². The summed E-state index contributed by atoms with van der Waals surface area (Å²) in [6, 6.07) is 5.51. The molecule has 2 N–H and O–H groups in total. The Morgan fingerprint density at radius 2 is 2.08 bits per heavy atom. The van der Waals surface area contributed by atoms with Crippen molar-refractivity contribution in [2.75, 3.05) is 12.3 Å². The minimum Gasteiger partial charge on any atom is -0.338 e. The van der Waals surface area contributed by atoms with Crippen molar-refractivity contribution in [1.29, 1.82) is 0 Å². The van der Waals surface area contributed by atoms with Gasteiger partial charge in [-0.1, -0.05) is 37.2 Å². The van der Waals surface area contributed by atoms with Gasteiger partial charge in [-0.05, 0) is 47.9 Å². The molecule has 0 aliphatic carbocycles. The minimum absolute atomic E-state index is 0.0481. The van der Waals surface area contributed by atoms with E-state index in [0.717, 1.165) is 29.7 Å². The fraction of sp³-hybridized carbons (Fsp3) is 0.438. The summed E-state index contributed by atoms with van der Waals surface area (Å²) in [6.45, 7) is 6.54. The van der Waals surface area contributed by atoms with Gasteiger partial charge in [0, 0.05) is 6.54 Å². The SMILES string of the molecule is CCCCNC(=O)NC(=O)CSc1nnnn1-c1cc(C)ccc1C. The van der Waals surface area contributed by atoms with E-state index in [1.165, 1.54) is 11.8 Å². The Morgan fingerprint density at radius 3 is 2.84 bits per heavy atom.